The predicted molar refractivity (Wildman–Crippen MR) is 220 cm³/mol. The van der Waals surface area contributed by atoms with Crippen LogP contribution in [0.1, 0.15) is 0 Å². The van der Waals surface area contributed by atoms with Crippen LogP contribution in [0, 0.1) is 0 Å². The Labute approximate surface area is 302 Å². The lowest BCUT2D eigenvalue weighted by Gasteiger charge is -2.27. The van der Waals surface area contributed by atoms with Crippen molar-refractivity contribution in [3.05, 3.63) is 200 Å². The van der Waals surface area contributed by atoms with E-state index in [0.717, 1.165) is 39.0 Å². The van der Waals surface area contributed by atoms with Crippen molar-refractivity contribution in [1.29, 1.82) is 0 Å². The first kappa shape index (κ1) is 30.0. The third-order valence-electron chi connectivity index (χ3n) is 10.3. The zero-order valence-corrected chi connectivity index (χ0v) is 28.4. The first-order chi connectivity index (χ1) is 25.8. The van der Waals surface area contributed by atoms with Crippen molar-refractivity contribution in [2.24, 2.45) is 0 Å². The largest absolute Gasteiger partial charge is 0.456 e. The maximum absolute atomic E-state index is 6.37. The van der Waals surface area contributed by atoms with Gasteiger partial charge in [0.15, 0.2) is 0 Å². The van der Waals surface area contributed by atoms with E-state index in [-0.39, 0.29) is 0 Å². The summed E-state index contributed by atoms with van der Waals surface area (Å²) >= 11 is 0. The van der Waals surface area contributed by atoms with Crippen molar-refractivity contribution in [1.82, 2.24) is 0 Å². The molecule has 0 atom stereocenters. The Balaban J connectivity index is 1.11. The standard InChI is InChI=1S/C50H33NO/c1-2-12-34(13-3-1)42-19-9-22-45-43(20-10-21-44(42)45)37-28-32-39(33-29-37)51(47-23-11-25-49-50(47)46-17-6-7-24-48(46)52-49)38-30-26-36(27-31-38)41-18-8-15-35-14-4-5-16-40(35)41/h1-33H. The zero-order valence-electron chi connectivity index (χ0n) is 28.4. The SMILES string of the molecule is c1ccc(-c2cccc3c(-c4ccc(N(c5ccc(-c6cccc7ccccc67)cc5)c5cccc6oc7ccccc7c56)cc4)cccc23)cc1. The molecule has 0 radical (unpaired) electrons. The van der Waals surface area contributed by atoms with Crippen molar-refractivity contribution in [3.8, 4) is 33.4 Å². The fourth-order valence-corrected chi connectivity index (χ4v) is 7.86. The van der Waals surface area contributed by atoms with E-state index < -0.39 is 0 Å². The smallest absolute Gasteiger partial charge is 0.137 e. The van der Waals surface area contributed by atoms with Gasteiger partial charge in [-0.15, -0.1) is 0 Å². The van der Waals surface area contributed by atoms with Crippen molar-refractivity contribution in [2.75, 3.05) is 4.90 Å². The number of benzene rings is 9. The van der Waals surface area contributed by atoms with Gasteiger partial charge in [0.05, 0.1) is 11.1 Å². The van der Waals surface area contributed by atoms with Crippen LogP contribution in [0.3, 0.4) is 0 Å². The van der Waals surface area contributed by atoms with Crippen molar-refractivity contribution in [3.63, 3.8) is 0 Å². The molecule has 1 aromatic heterocycles. The average Bonchev–Trinajstić information content (AvgIpc) is 3.61. The summed E-state index contributed by atoms with van der Waals surface area (Å²) in [6.07, 6.45) is 0. The summed E-state index contributed by atoms with van der Waals surface area (Å²) < 4.78 is 6.37. The van der Waals surface area contributed by atoms with Crippen LogP contribution >= 0.6 is 0 Å². The van der Waals surface area contributed by atoms with Crippen LogP contribution in [0.4, 0.5) is 17.1 Å². The Bertz CT molecular complexity index is 2880. The van der Waals surface area contributed by atoms with Gasteiger partial charge in [-0.1, -0.05) is 158 Å². The van der Waals surface area contributed by atoms with E-state index in [9.17, 15) is 0 Å². The molecule has 0 N–H and O–H groups in total. The molecular formula is C50H33NO. The van der Waals surface area contributed by atoms with E-state index >= 15 is 0 Å². The Kier molecular flexibility index (Phi) is 7.18. The van der Waals surface area contributed by atoms with Crippen LogP contribution in [0.15, 0.2) is 205 Å². The first-order valence-corrected chi connectivity index (χ1v) is 17.8. The lowest BCUT2D eigenvalue weighted by atomic mass is 9.93. The van der Waals surface area contributed by atoms with Crippen LogP contribution in [-0.4, -0.2) is 0 Å². The van der Waals surface area contributed by atoms with E-state index in [1.807, 2.05) is 12.1 Å². The van der Waals surface area contributed by atoms with Gasteiger partial charge in [0.2, 0.25) is 0 Å². The predicted octanol–water partition coefficient (Wildman–Crippen LogP) is 14.4. The maximum Gasteiger partial charge on any atom is 0.137 e. The van der Waals surface area contributed by atoms with Gasteiger partial charge in [0, 0.05) is 16.8 Å². The van der Waals surface area contributed by atoms with Crippen LogP contribution in [-0.2, 0) is 0 Å². The molecule has 244 valence electrons. The molecule has 2 heteroatoms. The summed E-state index contributed by atoms with van der Waals surface area (Å²) in [6.45, 7) is 0. The second-order valence-corrected chi connectivity index (χ2v) is 13.3. The Morgan fingerprint density at radius 1 is 0.308 bits per heavy atom. The molecule has 0 aliphatic heterocycles. The van der Waals surface area contributed by atoms with E-state index in [1.165, 1.54) is 54.9 Å². The highest BCUT2D eigenvalue weighted by Gasteiger charge is 2.20. The highest BCUT2D eigenvalue weighted by atomic mass is 16.3. The molecule has 9 aromatic carbocycles. The minimum atomic E-state index is 0.873. The number of furan rings is 1. The molecule has 0 unspecified atom stereocenters. The van der Waals surface area contributed by atoms with Crippen LogP contribution in [0.2, 0.25) is 0 Å². The van der Waals surface area contributed by atoms with E-state index in [4.69, 9.17) is 4.42 Å². The number of anilines is 3. The summed E-state index contributed by atoms with van der Waals surface area (Å²) in [7, 11) is 0. The molecule has 0 saturated heterocycles. The lowest BCUT2D eigenvalue weighted by molar-refractivity contribution is 0.669. The molecular weight excluding hydrogens is 631 g/mol. The molecule has 0 bridgehead atoms. The molecule has 0 aliphatic carbocycles. The second kappa shape index (κ2) is 12.5. The number of para-hydroxylation sites is 1. The molecule has 52 heavy (non-hydrogen) atoms. The normalized spacial score (nSPS) is 11.5. The molecule has 10 aromatic rings. The minimum Gasteiger partial charge on any atom is -0.456 e. The fraction of sp³-hybridized carbons (Fsp3) is 0. The molecule has 0 aliphatic rings. The molecule has 0 amide bonds. The van der Waals surface area contributed by atoms with E-state index in [0.29, 0.717) is 0 Å². The minimum absolute atomic E-state index is 0.873. The Morgan fingerprint density at radius 3 is 1.44 bits per heavy atom. The number of rotatable bonds is 6. The molecule has 1 heterocycles. The molecule has 0 spiro atoms. The summed E-state index contributed by atoms with van der Waals surface area (Å²) in [4.78, 5) is 2.36. The van der Waals surface area contributed by atoms with Crippen LogP contribution in [0.5, 0.6) is 0 Å². The number of hydrogen-bond acceptors (Lipinski definition) is 2. The van der Waals surface area contributed by atoms with Crippen molar-refractivity contribution in [2.45, 2.75) is 0 Å². The molecule has 0 saturated carbocycles. The third-order valence-corrected chi connectivity index (χ3v) is 10.3. The highest BCUT2D eigenvalue weighted by Crippen LogP contribution is 2.44. The summed E-state index contributed by atoms with van der Waals surface area (Å²) in [5.41, 5.74) is 12.3. The second-order valence-electron chi connectivity index (χ2n) is 13.3. The maximum atomic E-state index is 6.37. The van der Waals surface area contributed by atoms with Crippen LogP contribution in [0.25, 0.3) is 76.9 Å². The zero-order chi connectivity index (χ0) is 34.4. The monoisotopic (exact) mass is 663 g/mol. The summed E-state index contributed by atoms with van der Waals surface area (Å²) in [5, 5.41) is 7.19. The fourth-order valence-electron chi connectivity index (χ4n) is 7.86. The number of fused-ring (bicyclic) bond motifs is 5. The topological polar surface area (TPSA) is 16.4 Å². The third kappa shape index (κ3) is 5.04. The van der Waals surface area contributed by atoms with Gasteiger partial charge in [-0.3, -0.25) is 0 Å². The Hall–Kier alpha value is -6.90. The average molecular weight is 664 g/mol. The molecule has 2 nitrogen and oxygen atoms in total. The lowest BCUT2D eigenvalue weighted by Crippen LogP contribution is -2.10. The van der Waals surface area contributed by atoms with Crippen LogP contribution < -0.4 is 4.90 Å². The van der Waals surface area contributed by atoms with E-state index in [1.54, 1.807) is 0 Å². The first-order valence-electron chi connectivity index (χ1n) is 17.8. The van der Waals surface area contributed by atoms with Gasteiger partial charge in [-0.25, -0.2) is 0 Å². The summed E-state index contributed by atoms with van der Waals surface area (Å²) in [6, 6.07) is 71.6. The van der Waals surface area contributed by atoms with Gasteiger partial charge in [0.25, 0.3) is 0 Å². The Morgan fingerprint density at radius 2 is 0.769 bits per heavy atom. The quantitative estimate of drug-likeness (QED) is 0.176. The van der Waals surface area contributed by atoms with Gasteiger partial charge in [-0.05, 0) is 97.4 Å². The van der Waals surface area contributed by atoms with Gasteiger partial charge in [0.1, 0.15) is 11.2 Å². The van der Waals surface area contributed by atoms with Gasteiger partial charge >= 0.3 is 0 Å². The summed E-state index contributed by atoms with van der Waals surface area (Å²) in [5.74, 6) is 0. The highest BCUT2D eigenvalue weighted by molar-refractivity contribution is 6.13. The van der Waals surface area contributed by atoms with E-state index in [2.05, 4.69) is 193 Å². The van der Waals surface area contributed by atoms with Crippen molar-refractivity contribution < 1.29 is 4.42 Å². The van der Waals surface area contributed by atoms with Gasteiger partial charge in [-0.2, -0.15) is 0 Å². The number of nitrogens with zero attached hydrogens (tertiary/aromatic N) is 1. The van der Waals surface area contributed by atoms with Crippen molar-refractivity contribution >= 4 is 60.5 Å². The molecule has 0 fully saturated rings. The molecule has 10 rings (SSSR count). The van der Waals surface area contributed by atoms with Gasteiger partial charge < -0.3 is 9.32 Å². The number of hydrogen-bond donors (Lipinski definition) is 0.